The Balaban J connectivity index is 2.69. The smallest absolute Gasteiger partial charge is 0.221 e. The van der Waals surface area contributed by atoms with E-state index in [2.05, 4.69) is 13.8 Å². The van der Waals surface area contributed by atoms with Crippen molar-refractivity contribution in [2.75, 3.05) is 0 Å². The molecule has 2 nitrogen and oxygen atoms in total. The lowest BCUT2D eigenvalue weighted by Crippen LogP contribution is -2.16. The van der Waals surface area contributed by atoms with Crippen LogP contribution in [0.5, 0.6) is 0 Å². The van der Waals surface area contributed by atoms with Crippen LogP contribution in [0.15, 0.2) is 12.2 Å². The van der Waals surface area contributed by atoms with E-state index in [-0.39, 0.29) is 11.6 Å². The molecule has 1 rings (SSSR count). The van der Waals surface area contributed by atoms with Crippen LogP contribution in [0.1, 0.15) is 26.7 Å². The second-order valence-corrected chi connectivity index (χ2v) is 3.63. The lowest BCUT2D eigenvalue weighted by Gasteiger charge is -2.15. The highest BCUT2D eigenvalue weighted by Crippen LogP contribution is 2.22. The predicted octanol–water partition coefficient (Wildman–Crippen LogP) is 1.75. The summed E-state index contributed by atoms with van der Waals surface area (Å²) in [4.78, 5) is 22.1. The van der Waals surface area contributed by atoms with Gasteiger partial charge in [-0.15, -0.1) is 0 Å². The van der Waals surface area contributed by atoms with Crippen LogP contribution < -0.4 is 0 Å². The van der Waals surface area contributed by atoms with Gasteiger partial charge in [0.15, 0.2) is 0 Å². The van der Waals surface area contributed by atoms with Crippen LogP contribution in [0.4, 0.5) is 0 Å². The Bertz CT molecular complexity index is 226. The van der Waals surface area contributed by atoms with Gasteiger partial charge in [0.1, 0.15) is 0 Å². The minimum atomic E-state index is -0.335. The van der Waals surface area contributed by atoms with Crippen molar-refractivity contribution in [2.45, 2.75) is 26.7 Å². The van der Waals surface area contributed by atoms with Gasteiger partial charge in [0, 0.05) is 6.42 Å². The molecule has 0 spiro atoms. The summed E-state index contributed by atoms with van der Waals surface area (Å²) in [5, 5.41) is 0. The molecule has 1 aliphatic carbocycles. The first-order valence-electron chi connectivity index (χ1n) is 4.35. The third kappa shape index (κ3) is 2.03. The molecule has 1 atom stereocenters. The molecule has 0 saturated heterocycles. The number of hydrogen-bond acceptors (Lipinski definition) is 2. The molecule has 0 aliphatic heterocycles. The number of hydrogen-bond donors (Lipinski definition) is 0. The summed E-state index contributed by atoms with van der Waals surface area (Å²) in [5.74, 6) is 0.255. The van der Waals surface area contributed by atoms with E-state index < -0.39 is 0 Å². The van der Waals surface area contributed by atoms with Crippen LogP contribution in [0, 0.1) is 11.8 Å². The number of Topliss-reactive ketones (excluding diaryl/α,β-unsaturated/α-hetero) is 1. The minimum Gasteiger partial charge on any atom is -0.291 e. The van der Waals surface area contributed by atoms with Crippen molar-refractivity contribution in [3.05, 3.63) is 12.2 Å². The molecule has 1 aliphatic rings. The van der Waals surface area contributed by atoms with Gasteiger partial charge in [-0.25, -0.2) is 0 Å². The Morgan fingerprint density at radius 3 is 2.67 bits per heavy atom. The van der Waals surface area contributed by atoms with Crippen LogP contribution in [-0.2, 0) is 9.59 Å². The van der Waals surface area contributed by atoms with Gasteiger partial charge in [0.05, 0.1) is 0 Å². The topological polar surface area (TPSA) is 34.1 Å². The van der Waals surface area contributed by atoms with Crippen molar-refractivity contribution >= 4 is 11.6 Å². The van der Waals surface area contributed by atoms with Crippen LogP contribution in [0.3, 0.4) is 0 Å². The molecule has 12 heavy (non-hydrogen) atoms. The summed E-state index contributed by atoms with van der Waals surface area (Å²) in [7, 11) is 0. The fourth-order valence-electron chi connectivity index (χ4n) is 1.37. The molecular formula is C10H14O2. The number of carbonyl (C=O) groups is 2. The molecule has 0 unspecified atom stereocenters. The molecule has 0 aromatic rings. The van der Waals surface area contributed by atoms with E-state index in [1.165, 1.54) is 6.08 Å². The summed E-state index contributed by atoms with van der Waals surface area (Å²) >= 11 is 0. The first-order valence-corrected chi connectivity index (χ1v) is 4.35. The monoisotopic (exact) mass is 166 g/mol. The third-order valence-corrected chi connectivity index (χ3v) is 2.37. The van der Waals surface area contributed by atoms with Gasteiger partial charge in [-0.3, -0.25) is 9.59 Å². The van der Waals surface area contributed by atoms with Crippen molar-refractivity contribution in [3.8, 4) is 0 Å². The quantitative estimate of drug-likeness (QED) is 0.556. The summed E-state index contributed by atoms with van der Waals surface area (Å²) in [6.07, 6.45) is 4.50. The van der Waals surface area contributed by atoms with Crippen molar-refractivity contribution in [2.24, 2.45) is 11.8 Å². The zero-order valence-corrected chi connectivity index (χ0v) is 7.54. The average molecular weight is 166 g/mol. The van der Waals surface area contributed by atoms with E-state index in [1.54, 1.807) is 0 Å². The number of ketones is 2. The first-order chi connectivity index (χ1) is 5.61. The van der Waals surface area contributed by atoms with Gasteiger partial charge in [0.25, 0.3) is 0 Å². The molecule has 0 aromatic carbocycles. The van der Waals surface area contributed by atoms with Crippen LogP contribution in [0.2, 0.25) is 0 Å². The van der Waals surface area contributed by atoms with E-state index in [0.29, 0.717) is 18.3 Å². The normalized spacial score (nSPS) is 24.8. The van der Waals surface area contributed by atoms with Crippen molar-refractivity contribution in [1.82, 2.24) is 0 Å². The fourth-order valence-corrected chi connectivity index (χ4v) is 1.37. The number of rotatable bonds is 1. The fraction of sp³-hybridized carbons (Fsp3) is 0.600. The zero-order valence-electron chi connectivity index (χ0n) is 7.54. The molecule has 0 radical (unpaired) electrons. The van der Waals surface area contributed by atoms with E-state index in [4.69, 9.17) is 0 Å². The van der Waals surface area contributed by atoms with Crippen LogP contribution in [-0.4, -0.2) is 11.6 Å². The Hall–Kier alpha value is -0.920. The summed E-state index contributed by atoms with van der Waals surface area (Å²) in [6, 6.07) is 0. The number of carbonyl (C=O) groups excluding carboxylic acids is 2. The second kappa shape index (κ2) is 3.65. The molecule has 0 saturated carbocycles. The summed E-state index contributed by atoms with van der Waals surface area (Å²) in [5.41, 5.74) is 0. The standard InChI is InChI=1S/C10H14O2/c1-7(2)8-4-3-5-9(11)10(12)6-8/h3,5,7-8H,4,6H2,1-2H3/t8-/m0/s1. The molecule has 0 heterocycles. The molecular weight excluding hydrogens is 152 g/mol. The molecule has 0 bridgehead atoms. The molecule has 0 fully saturated rings. The lowest BCUT2D eigenvalue weighted by molar-refractivity contribution is -0.134. The van der Waals surface area contributed by atoms with E-state index >= 15 is 0 Å². The molecule has 2 heteroatoms. The largest absolute Gasteiger partial charge is 0.291 e. The number of allylic oxidation sites excluding steroid dienone is 2. The molecule has 66 valence electrons. The maximum atomic E-state index is 11.1. The van der Waals surface area contributed by atoms with Gasteiger partial charge in [0.2, 0.25) is 11.6 Å². The highest BCUT2D eigenvalue weighted by molar-refractivity contribution is 6.41. The predicted molar refractivity (Wildman–Crippen MR) is 46.7 cm³/mol. The van der Waals surface area contributed by atoms with Crippen LogP contribution >= 0.6 is 0 Å². The second-order valence-electron chi connectivity index (χ2n) is 3.63. The SMILES string of the molecule is CC(C)[C@H]1CC=CC(=O)C(=O)C1. The Morgan fingerprint density at radius 1 is 1.42 bits per heavy atom. The highest BCUT2D eigenvalue weighted by Gasteiger charge is 2.22. The van der Waals surface area contributed by atoms with E-state index in [0.717, 1.165) is 6.42 Å². The molecule has 0 amide bonds. The maximum absolute atomic E-state index is 11.1. The van der Waals surface area contributed by atoms with Crippen molar-refractivity contribution in [1.29, 1.82) is 0 Å². The summed E-state index contributed by atoms with van der Waals surface area (Å²) < 4.78 is 0. The van der Waals surface area contributed by atoms with Gasteiger partial charge < -0.3 is 0 Å². The van der Waals surface area contributed by atoms with Gasteiger partial charge in [-0.1, -0.05) is 19.9 Å². The maximum Gasteiger partial charge on any atom is 0.221 e. The lowest BCUT2D eigenvalue weighted by atomic mass is 9.89. The Labute approximate surface area is 72.7 Å². The van der Waals surface area contributed by atoms with Crippen molar-refractivity contribution in [3.63, 3.8) is 0 Å². The Kier molecular flexibility index (Phi) is 2.79. The van der Waals surface area contributed by atoms with Crippen molar-refractivity contribution < 1.29 is 9.59 Å². The minimum absolute atomic E-state index is 0.234. The average Bonchev–Trinajstić information content (AvgIpc) is 2.15. The van der Waals surface area contributed by atoms with Gasteiger partial charge in [-0.05, 0) is 24.3 Å². The van der Waals surface area contributed by atoms with Gasteiger partial charge in [-0.2, -0.15) is 0 Å². The van der Waals surface area contributed by atoms with E-state index in [9.17, 15) is 9.59 Å². The molecule has 0 aromatic heterocycles. The third-order valence-electron chi connectivity index (χ3n) is 2.37. The zero-order chi connectivity index (χ0) is 9.14. The van der Waals surface area contributed by atoms with Crippen LogP contribution in [0.25, 0.3) is 0 Å². The Morgan fingerprint density at radius 2 is 2.08 bits per heavy atom. The van der Waals surface area contributed by atoms with E-state index in [1.807, 2.05) is 6.08 Å². The summed E-state index contributed by atoms with van der Waals surface area (Å²) in [6.45, 7) is 4.17. The molecule has 0 N–H and O–H groups in total. The first kappa shape index (κ1) is 9.17. The highest BCUT2D eigenvalue weighted by atomic mass is 16.2. The van der Waals surface area contributed by atoms with Gasteiger partial charge >= 0.3 is 0 Å².